The Morgan fingerprint density at radius 2 is 1.80 bits per heavy atom. The second-order valence-corrected chi connectivity index (χ2v) is 7.35. The zero-order valence-corrected chi connectivity index (χ0v) is 14.2. The molecule has 2 N–H and O–H groups in total. The van der Waals surface area contributed by atoms with Gasteiger partial charge in [-0.25, -0.2) is 0 Å². The molecule has 20 heavy (non-hydrogen) atoms. The van der Waals surface area contributed by atoms with Crippen LogP contribution in [0.2, 0.25) is 0 Å². The first-order chi connectivity index (χ1) is 9.41. The van der Waals surface area contributed by atoms with Crippen molar-refractivity contribution in [3.05, 3.63) is 0 Å². The first-order valence-electron chi connectivity index (χ1n) is 8.56. The lowest BCUT2D eigenvalue weighted by atomic mass is 9.73. The van der Waals surface area contributed by atoms with Crippen LogP contribution in [0, 0.1) is 5.41 Å². The van der Waals surface area contributed by atoms with E-state index in [9.17, 15) is 5.11 Å². The van der Waals surface area contributed by atoms with Gasteiger partial charge < -0.3 is 15.3 Å². The van der Waals surface area contributed by atoms with E-state index < -0.39 is 5.60 Å². The number of nitrogens with one attached hydrogen (secondary N) is 1. The van der Waals surface area contributed by atoms with Crippen LogP contribution in [0.3, 0.4) is 0 Å². The molecule has 1 rings (SSSR count). The lowest BCUT2D eigenvalue weighted by Gasteiger charge is -2.42. The van der Waals surface area contributed by atoms with Crippen LogP contribution >= 0.6 is 0 Å². The number of rotatable bonds is 9. The van der Waals surface area contributed by atoms with Crippen LogP contribution in [0.25, 0.3) is 0 Å². The van der Waals surface area contributed by atoms with Gasteiger partial charge in [-0.05, 0) is 51.6 Å². The maximum atomic E-state index is 10.1. The monoisotopic (exact) mass is 284 g/mol. The number of likely N-dealkylation sites (N-methyl/N-ethyl adjacent to an activating group) is 1. The summed E-state index contributed by atoms with van der Waals surface area (Å²) in [6.07, 6.45) is 8.02. The normalized spacial score (nSPS) is 19.5. The fourth-order valence-corrected chi connectivity index (χ4v) is 3.52. The SMILES string of the molecule is CCCNCC1(CN(CC)CC(C)(C)O)CCCCC1. The summed E-state index contributed by atoms with van der Waals surface area (Å²) in [5.74, 6) is 0. The molecule has 0 unspecified atom stereocenters. The number of hydrogen-bond acceptors (Lipinski definition) is 3. The molecule has 1 aliphatic rings. The predicted molar refractivity (Wildman–Crippen MR) is 87.1 cm³/mol. The van der Waals surface area contributed by atoms with Crippen molar-refractivity contribution in [3.8, 4) is 0 Å². The average molecular weight is 284 g/mol. The minimum Gasteiger partial charge on any atom is -0.389 e. The Labute approximate surface area is 126 Å². The Balaban J connectivity index is 2.61. The molecule has 1 fully saturated rings. The summed E-state index contributed by atoms with van der Waals surface area (Å²) < 4.78 is 0. The molecule has 0 aliphatic heterocycles. The standard InChI is InChI=1S/C17H36N2O/c1-5-12-18-13-17(10-8-7-9-11-17)15-19(6-2)14-16(3,4)20/h18,20H,5-15H2,1-4H3. The molecule has 0 amide bonds. The van der Waals surface area contributed by atoms with E-state index in [4.69, 9.17) is 0 Å². The van der Waals surface area contributed by atoms with E-state index in [1.807, 2.05) is 13.8 Å². The highest BCUT2D eigenvalue weighted by Crippen LogP contribution is 2.36. The molecule has 3 heteroatoms. The van der Waals surface area contributed by atoms with Crippen LogP contribution in [0.1, 0.15) is 66.2 Å². The van der Waals surface area contributed by atoms with Gasteiger partial charge in [0.2, 0.25) is 0 Å². The molecule has 0 heterocycles. The molecule has 3 nitrogen and oxygen atoms in total. The van der Waals surface area contributed by atoms with Crippen molar-refractivity contribution >= 4 is 0 Å². The maximum Gasteiger partial charge on any atom is 0.0718 e. The fraction of sp³-hybridized carbons (Fsp3) is 1.00. The molecule has 0 aromatic heterocycles. The Hall–Kier alpha value is -0.120. The van der Waals surface area contributed by atoms with Crippen molar-refractivity contribution < 1.29 is 5.11 Å². The highest BCUT2D eigenvalue weighted by atomic mass is 16.3. The fourth-order valence-electron chi connectivity index (χ4n) is 3.52. The summed E-state index contributed by atoms with van der Waals surface area (Å²) in [5, 5.41) is 13.7. The van der Waals surface area contributed by atoms with Crippen molar-refractivity contribution in [2.24, 2.45) is 5.41 Å². The number of hydrogen-bond donors (Lipinski definition) is 2. The minimum atomic E-state index is -0.595. The van der Waals surface area contributed by atoms with E-state index in [1.165, 1.54) is 38.5 Å². The van der Waals surface area contributed by atoms with E-state index in [0.29, 0.717) is 5.41 Å². The third kappa shape index (κ3) is 6.55. The maximum absolute atomic E-state index is 10.1. The van der Waals surface area contributed by atoms with E-state index in [2.05, 4.69) is 24.1 Å². The molecule has 120 valence electrons. The van der Waals surface area contributed by atoms with E-state index in [0.717, 1.165) is 32.7 Å². The molecule has 0 spiro atoms. The summed E-state index contributed by atoms with van der Waals surface area (Å²) in [6.45, 7) is 13.5. The van der Waals surface area contributed by atoms with Gasteiger partial charge in [-0.3, -0.25) is 0 Å². The first-order valence-corrected chi connectivity index (χ1v) is 8.56. The number of aliphatic hydroxyl groups is 1. The predicted octanol–water partition coefficient (Wildman–Crippen LogP) is 3.03. The molecular weight excluding hydrogens is 248 g/mol. The van der Waals surface area contributed by atoms with Crippen molar-refractivity contribution in [3.63, 3.8) is 0 Å². The summed E-state index contributed by atoms with van der Waals surface area (Å²) in [5.41, 5.74) is -0.169. The molecule has 0 radical (unpaired) electrons. The van der Waals surface area contributed by atoms with Crippen molar-refractivity contribution in [1.29, 1.82) is 0 Å². The van der Waals surface area contributed by atoms with Gasteiger partial charge >= 0.3 is 0 Å². The van der Waals surface area contributed by atoms with Gasteiger partial charge in [0.05, 0.1) is 5.60 Å². The van der Waals surface area contributed by atoms with Gasteiger partial charge in [0.25, 0.3) is 0 Å². The summed E-state index contributed by atoms with van der Waals surface area (Å²) >= 11 is 0. The quantitative estimate of drug-likeness (QED) is 0.639. The second kappa shape index (κ2) is 8.35. The molecule has 1 saturated carbocycles. The Kier molecular flexibility index (Phi) is 7.49. The zero-order valence-electron chi connectivity index (χ0n) is 14.2. The van der Waals surface area contributed by atoms with Gasteiger partial charge in [0, 0.05) is 19.6 Å². The lowest BCUT2D eigenvalue weighted by molar-refractivity contribution is 0.0144. The molecule has 0 bridgehead atoms. The van der Waals surface area contributed by atoms with E-state index >= 15 is 0 Å². The summed E-state index contributed by atoms with van der Waals surface area (Å²) in [4.78, 5) is 2.44. The van der Waals surface area contributed by atoms with E-state index in [-0.39, 0.29) is 0 Å². The summed E-state index contributed by atoms with van der Waals surface area (Å²) in [6, 6.07) is 0. The third-order valence-electron chi connectivity index (χ3n) is 4.46. The van der Waals surface area contributed by atoms with Crippen LogP contribution in [0.4, 0.5) is 0 Å². The van der Waals surface area contributed by atoms with Gasteiger partial charge in [0.1, 0.15) is 0 Å². The largest absolute Gasteiger partial charge is 0.389 e. The van der Waals surface area contributed by atoms with Crippen LogP contribution in [-0.4, -0.2) is 48.3 Å². The van der Waals surface area contributed by atoms with Gasteiger partial charge in [0.15, 0.2) is 0 Å². The van der Waals surface area contributed by atoms with Crippen molar-refractivity contribution in [2.45, 2.75) is 71.8 Å². The molecule has 0 atom stereocenters. The molecule has 0 saturated heterocycles. The molecular formula is C17H36N2O. The highest BCUT2D eigenvalue weighted by molar-refractivity contribution is 4.89. The lowest BCUT2D eigenvalue weighted by Crippen LogP contribution is -2.49. The van der Waals surface area contributed by atoms with E-state index in [1.54, 1.807) is 0 Å². The Morgan fingerprint density at radius 1 is 1.15 bits per heavy atom. The zero-order chi connectivity index (χ0) is 15.1. The van der Waals surface area contributed by atoms with Crippen LogP contribution in [0.15, 0.2) is 0 Å². The van der Waals surface area contributed by atoms with Gasteiger partial charge in [-0.1, -0.05) is 33.1 Å². The smallest absolute Gasteiger partial charge is 0.0718 e. The minimum absolute atomic E-state index is 0.425. The second-order valence-electron chi connectivity index (χ2n) is 7.35. The number of nitrogens with zero attached hydrogens (tertiary/aromatic N) is 1. The molecule has 0 aromatic carbocycles. The van der Waals surface area contributed by atoms with Crippen LogP contribution in [0.5, 0.6) is 0 Å². The third-order valence-corrected chi connectivity index (χ3v) is 4.46. The topological polar surface area (TPSA) is 35.5 Å². The first kappa shape index (κ1) is 17.9. The molecule has 1 aliphatic carbocycles. The van der Waals surface area contributed by atoms with Crippen molar-refractivity contribution in [2.75, 3.05) is 32.7 Å². The Bertz CT molecular complexity index is 254. The summed E-state index contributed by atoms with van der Waals surface area (Å²) in [7, 11) is 0. The van der Waals surface area contributed by atoms with Gasteiger partial charge in [-0.2, -0.15) is 0 Å². The van der Waals surface area contributed by atoms with Gasteiger partial charge in [-0.15, -0.1) is 0 Å². The van der Waals surface area contributed by atoms with Crippen molar-refractivity contribution in [1.82, 2.24) is 10.2 Å². The van der Waals surface area contributed by atoms with Crippen LogP contribution in [-0.2, 0) is 0 Å². The average Bonchev–Trinajstić information content (AvgIpc) is 2.38. The highest BCUT2D eigenvalue weighted by Gasteiger charge is 2.34. The Morgan fingerprint density at radius 3 is 2.30 bits per heavy atom. The molecule has 0 aromatic rings. The van der Waals surface area contributed by atoms with Crippen LogP contribution < -0.4 is 5.32 Å².